The Morgan fingerprint density at radius 2 is 2.04 bits per heavy atom. The number of carbonyl (C=O) groups is 1. The van der Waals surface area contributed by atoms with E-state index < -0.39 is 0 Å². The summed E-state index contributed by atoms with van der Waals surface area (Å²) in [6.45, 7) is 3.12. The number of hydrogen-bond acceptors (Lipinski definition) is 5. The molecule has 1 aromatic heterocycles. The van der Waals surface area contributed by atoms with Crippen LogP contribution in [0.15, 0.2) is 36.5 Å². The minimum atomic E-state index is -0.203. The molecule has 0 aliphatic carbocycles. The number of rotatable bonds is 6. The first kappa shape index (κ1) is 19.4. The average molecular weight is 366 g/mol. The van der Waals surface area contributed by atoms with Crippen LogP contribution in [0, 0.1) is 5.41 Å². The molecule has 0 bridgehead atoms. The van der Waals surface area contributed by atoms with Crippen molar-refractivity contribution < 1.29 is 9.53 Å². The van der Waals surface area contributed by atoms with Gasteiger partial charge in [0.1, 0.15) is 0 Å². The summed E-state index contributed by atoms with van der Waals surface area (Å²) in [4.78, 5) is 13.9. The molecule has 0 spiro atoms. The molecule has 1 fully saturated rings. The molecule has 1 saturated heterocycles. The molecule has 0 unspecified atom stereocenters. The minimum absolute atomic E-state index is 0. The number of methoxy groups -OCH3 is 1. The second-order valence-electron chi connectivity index (χ2n) is 6.22. The highest BCUT2D eigenvalue weighted by Crippen LogP contribution is 2.28. The number of nitrogens with zero attached hydrogens (tertiary/aromatic N) is 3. The molecule has 0 atom stereocenters. The summed E-state index contributed by atoms with van der Waals surface area (Å²) in [6.07, 6.45) is 3.46. The van der Waals surface area contributed by atoms with Crippen LogP contribution in [0.3, 0.4) is 0 Å². The highest BCUT2D eigenvalue weighted by Gasteiger charge is 2.32. The Labute approximate surface area is 153 Å². The predicted octanol–water partition coefficient (Wildman–Crippen LogP) is 1.44. The van der Waals surface area contributed by atoms with Crippen LogP contribution in [0.25, 0.3) is 5.69 Å². The first-order valence-corrected chi connectivity index (χ1v) is 8.18. The van der Waals surface area contributed by atoms with Gasteiger partial charge in [0.05, 0.1) is 18.5 Å². The van der Waals surface area contributed by atoms with E-state index in [1.165, 1.54) is 11.0 Å². The SMILES string of the molecule is COCC1(CNC(=O)c2cnn(-c3ccccc3)n2)CCNCC1.Cl. The summed E-state index contributed by atoms with van der Waals surface area (Å²) >= 11 is 0. The average Bonchev–Trinajstić information content (AvgIpc) is 3.12. The lowest BCUT2D eigenvalue weighted by molar-refractivity contribution is 0.0510. The van der Waals surface area contributed by atoms with Gasteiger partial charge in [0.25, 0.3) is 5.91 Å². The number of amides is 1. The molecular weight excluding hydrogens is 342 g/mol. The van der Waals surface area contributed by atoms with Crippen molar-refractivity contribution in [2.45, 2.75) is 12.8 Å². The van der Waals surface area contributed by atoms with Crippen molar-refractivity contribution in [2.75, 3.05) is 33.4 Å². The summed E-state index contributed by atoms with van der Waals surface area (Å²) in [7, 11) is 1.71. The lowest BCUT2D eigenvalue weighted by atomic mass is 9.79. The number of piperidine rings is 1. The highest BCUT2D eigenvalue weighted by atomic mass is 35.5. The summed E-state index contributed by atoms with van der Waals surface area (Å²) in [6, 6.07) is 9.53. The zero-order valence-electron chi connectivity index (χ0n) is 14.3. The van der Waals surface area contributed by atoms with Gasteiger partial charge in [-0.1, -0.05) is 18.2 Å². The van der Waals surface area contributed by atoms with Gasteiger partial charge in [0.15, 0.2) is 5.69 Å². The number of aromatic nitrogens is 3. The molecule has 1 amide bonds. The van der Waals surface area contributed by atoms with Gasteiger partial charge in [-0.3, -0.25) is 4.79 Å². The smallest absolute Gasteiger partial charge is 0.273 e. The summed E-state index contributed by atoms with van der Waals surface area (Å²) in [5, 5.41) is 14.8. The van der Waals surface area contributed by atoms with Gasteiger partial charge in [0, 0.05) is 19.1 Å². The molecule has 136 valence electrons. The van der Waals surface area contributed by atoms with E-state index in [0.29, 0.717) is 18.8 Å². The first-order chi connectivity index (χ1) is 11.7. The van der Waals surface area contributed by atoms with Crippen molar-refractivity contribution in [3.63, 3.8) is 0 Å². The van der Waals surface area contributed by atoms with Gasteiger partial charge < -0.3 is 15.4 Å². The monoisotopic (exact) mass is 365 g/mol. The fourth-order valence-corrected chi connectivity index (χ4v) is 3.05. The zero-order valence-corrected chi connectivity index (χ0v) is 15.1. The van der Waals surface area contributed by atoms with E-state index >= 15 is 0 Å². The van der Waals surface area contributed by atoms with Crippen molar-refractivity contribution >= 4 is 18.3 Å². The van der Waals surface area contributed by atoms with Gasteiger partial charge in [-0.25, -0.2) is 0 Å². The van der Waals surface area contributed by atoms with Crippen molar-refractivity contribution in [1.29, 1.82) is 0 Å². The first-order valence-electron chi connectivity index (χ1n) is 8.18. The summed E-state index contributed by atoms with van der Waals surface area (Å²) in [5.41, 5.74) is 1.14. The molecule has 7 nitrogen and oxygen atoms in total. The molecule has 1 aromatic carbocycles. The Kier molecular flexibility index (Phi) is 6.92. The molecule has 8 heteroatoms. The largest absolute Gasteiger partial charge is 0.384 e. The molecule has 1 aliphatic heterocycles. The van der Waals surface area contributed by atoms with E-state index in [9.17, 15) is 4.79 Å². The van der Waals surface area contributed by atoms with Gasteiger partial charge in [-0.2, -0.15) is 9.90 Å². The van der Waals surface area contributed by atoms with Crippen molar-refractivity contribution in [3.8, 4) is 5.69 Å². The highest BCUT2D eigenvalue weighted by molar-refractivity contribution is 5.91. The molecule has 0 radical (unpaired) electrons. The van der Waals surface area contributed by atoms with Gasteiger partial charge in [-0.05, 0) is 38.1 Å². The second-order valence-corrected chi connectivity index (χ2v) is 6.22. The topological polar surface area (TPSA) is 81.1 Å². The van der Waals surface area contributed by atoms with Crippen LogP contribution < -0.4 is 10.6 Å². The van der Waals surface area contributed by atoms with E-state index in [1.807, 2.05) is 30.3 Å². The van der Waals surface area contributed by atoms with E-state index in [2.05, 4.69) is 20.8 Å². The van der Waals surface area contributed by atoms with Crippen LogP contribution in [0.5, 0.6) is 0 Å². The number of nitrogens with one attached hydrogen (secondary N) is 2. The number of benzene rings is 1. The quantitative estimate of drug-likeness (QED) is 0.809. The van der Waals surface area contributed by atoms with Crippen LogP contribution in [0.2, 0.25) is 0 Å². The Hall–Kier alpha value is -1.96. The molecule has 25 heavy (non-hydrogen) atoms. The Bertz CT molecular complexity index is 665. The number of hydrogen-bond donors (Lipinski definition) is 2. The third-order valence-corrected chi connectivity index (χ3v) is 4.45. The molecule has 2 aromatic rings. The molecule has 3 rings (SSSR count). The van der Waals surface area contributed by atoms with Gasteiger partial charge >= 0.3 is 0 Å². The maximum Gasteiger partial charge on any atom is 0.273 e. The van der Waals surface area contributed by atoms with E-state index in [0.717, 1.165) is 31.6 Å². The maximum atomic E-state index is 12.4. The fourth-order valence-electron chi connectivity index (χ4n) is 3.05. The molecule has 2 N–H and O–H groups in total. The van der Waals surface area contributed by atoms with Crippen molar-refractivity contribution in [2.24, 2.45) is 5.41 Å². The maximum absolute atomic E-state index is 12.4. The molecule has 1 aliphatic rings. The van der Waals surface area contributed by atoms with E-state index in [4.69, 9.17) is 4.74 Å². The van der Waals surface area contributed by atoms with E-state index in [-0.39, 0.29) is 23.7 Å². The van der Waals surface area contributed by atoms with Crippen LogP contribution in [0.4, 0.5) is 0 Å². The van der Waals surface area contributed by atoms with Crippen molar-refractivity contribution in [3.05, 3.63) is 42.2 Å². The normalized spacial score (nSPS) is 16.0. The summed E-state index contributed by atoms with van der Waals surface area (Å²) in [5.74, 6) is -0.203. The number of para-hydroxylation sites is 1. The predicted molar refractivity (Wildman–Crippen MR) is 97.4 cm³/mol. The molecule has 2 heterocycles. The van der Waals surface area contributed by atoms with Gasteiger partial charge in [0.2, 0.25) is 0 Å². The van der Waals surface area contributed by atoms with Crippen LogP contribution in [-0.2, 0) is 4.74 Å². The lowest BCUT2D eigenvalue weighted by Crippen LogP contribution is -2.47. The van der Waals surface area contributed by atoms with Crippen LogP contribution in [-0.4, -0.2) is 54.3 Å². The zero-order chi connectivity index (χ0) is 16.8. The number of halogens is 1. The Balaban J connectivity index is 0.00000225. The minimum Gasteiger partial charge on any atom is -0.384 e. The molecular formula is C17H24ClN5O2. The third kappa shape index (κ3) is 4.78. The van der Waals surface area contributed by atoms with Crippen LogP contribution in [0.1, 0.15) is 23.3 Å². The number of ether oxygens (including phenoxy) is 1. The standard InChI is InChI=1S/C17H23N5O2.ClH/c1-24-13-17(7-9-18-10-8-17)12-19-16(23)15-11-20-22(21-15)14-5-3-2-4-6-14;/h2-6,11,18H,7-10,12-13H2,1H3,(H,19,23);1H. The Morgan fingerprint density at radius 1 is 1.32 bits per heavy atom. The fraction of sp³-hybridized carbons (Fsp3) is 0.471. The van der Waals surface area contributed by atoms with Crippen LogP contribution >= 0.6 is 12.4 Å². The lowest BCUT2D eigenvalue weighted by Gasteiger charge is -2.37. The van der Waals surface area contributed by atoms with Crippen molar-refractivity contribution in [1.82, 2.24) is 25.6 Å². The summed E-state index contributed by atoms with van der Waals surface area (Å²) < 4.78 is 5.37. The van der Waals surface area contributed by atoms with E-state index in [1.54, 1.807) is 7.11 Å². The van der Waals surface area contributed by atoms with Gasteiger partial charge in [-0.15, -0.1) is 17.5 Å². The third-order valence-electron chi connectivity index (χ3n) is 4.45. The number of carbonyl (C=O) groups excluding carboxylic acids is 1. The molecule has 0 saturated carbocycles. The Morgan fingerprint density at radius 3 is 2.72 bits per heavy atom. The second kappa shape index (κ2) is 8.94.